The van der Waals surface area contributed by atoms with Gasteiger partial charge >= 0.3 is 11.9 Å². The first-order chi connectivity index (χ1) is 20.5. The summed E-state index contributed by atoms with van der Waals surface area (Å²) in [6.45, 7) is 7.10. The maximum Gasteiger partial charge on any atom is 0.343 e. The van der Waals surface area contributed by atoms with Gasteiger partial charge in [-0.2, -0.15) is 0 Å². The molecule has 0 aliphatic rings. The maximum atomic E-state index is 12.7. The van der Waals surface area contributed by atoms with E-state index in [2.05, 4.69) is 13.8 Å². The van der Waals surface area contributed by atoms with Crippen molar-refractivity contribution in [2.75, 3.05) is 6.61 Å². The lowest BCUT2D eigenvalue weighted by molar-refractivity contribution is 0.0319. The fourth-order valence-electron chi connectivity index (χ4n) is 4.78. The van der Waals surface area contributed by atoms with Crippen LogP contribution in [0.5, 0.6) is 11.5 Å². The average molecular weight is 573 g/mol. The minimum Gasteiger partial charge on any atom is -0.494 e. The molecule has 0 aromatic heterocycles. The summed E-state index contributed by atoms with van der Waals surface area (Å²) in [7, 11) is 0. The molecule has 1 atom stereocenters. The number of carbonyl (C=O) groups is 2. The van der Waals surface area contributed by atoms with Gasteiger partial charge in [0.05, 0.1) is 23.8 Å². The van der Waals surface area contributed by atoms with Gasteiger partial charge in [0.25, 0.3) is 0 Å². The van der Waals surface area contributed by atoms with Crippen molar-refractivity contribution >= 4 is 11.9 Å². The third-order valence-electron chi connectivity index (χ3n) is 7.40. The van der Waals surface area contributed by atoms with Gasteiger partial charge in [0.2, 0.25) is 0 Å². The molecule has 0 unspecified atom stereocenters. The Morgan fingerprint density at radius 1 is 0.571 bits per heavy atom. The summed E-state index contributed by atoms with van der Waals surface area (Å²) in [6, 6.07) is 21.9. The standard InChI is InChI=1S/C37H48O5/c1-4-6-8-10-12-14-28-40-34-24-20-31(21-25-34)30-16-18-32(19-17-30)37(39)42-35-26-22-33(23-27-35)36(38)41-29(3)15-13-11-9-7-5-2/h16-27,29H,4-15,28H2,1-3H3/t29-/m0/s1. The first kappa shape index (κ1) is 32.9. The van der Waals surface area contributed by atoms with E-state index in [0.29, 0.717) is 16.9 Å². The number of unbranched alkanes of at least 4 members (excludes halogenated alkanes) is 9. The molecule has 5 heteroatoms. The molecule has 3 aromatic carbocycles. The van der Waals surface area contributed by atoms with Crippen LogP contribution in [-0.4, -0.2) is 24.6 Å². The second-order valence-corrected chi connectivity index (χ2v) is 11.1. The van der Waals surface area contributed by atoms with Crippen LogP contribution in [0.15, 0.2) is 72.8 Å². The highest BCUT2D eigenvalue weighted by Gasteiger charge is 2.14. The summed E-state index contributed by atoms with van der Waals surface area (Å²) in [5.41, 5.74) is 2.95. The Kier molecular flexibility index (Phi) is 14.7. The lowest BCUT2D eigenvalue weighted by Gasteiger charge is -2.13. The number of hydrogen-bond acceptors (Lipinski definition) is 5. The summed E-state index contributed by atoms with van der Waals surface area (Å²) >= 11 is 0. The van der Waals surface area contributed by atoms with Crippen molar-refractivity contribution < 1.29 is 23.8 Å². The summed E-state index contributed by atoms with van der Waals surface area (Å²) in [6.07, 6.45) is 14.1. The highest BCUT2D eigenvalue weighted by Crippen LogP contribution is 2.24. The summed E-state index contributed by atoms with van der Waals surface area (Å²) in [5.74, 6) is 0.439. The van der Waals surface area contributed by atoms with Gasteiger partial charge in [-0.1, -0.05) is 95.9 Å². The molecule has 0 amide bonds. The summed E-state index contributed by atoms with van der Waals surface area (Å²) in [5, 5.41) is 0. The van der Waals surface area contributed by atoms with Crippen molar-refractivity contribution in [3.63, 3.8) is 0 Å². The van der Waals surface area contributed by atoms with Crippen molar-refractivity contribution in [3.8, 4) is 22.6 Å². The van der Waals surface area contributed by atoms with E-state index in [-0.39, 0.29) is 12.1 Å². The third-order valence-corrected chi connectivity index (χ3v) is 7.40. The van der Waals surface area contributed by atoms with Crippen molar-refractivity contribution in [1.29, 1.82) is 0 Å². The van der Waals surface area contributed by atoms with Crippen molar-refractivity contribution in [2.45, 2.75) is 104 Å². The second-order valence-electron chi connectivity index (χ2n) is 11.1. The number of rotatable bonds is 19. The Morgan fingerprint density at radius 2 is 1.05 bits per heavy atom. The molecular weight excluding hydrogens is 524 g/mol. The zero-order valence-electron chi connectivity index (χ0n) is 25.7. The SMILES string of the molecule is CCCCCCCCOc1ccc(-c2ccc(C(=O)Oc3ccc(C(=O)O[C@@H](C)CCCCCCC)cc3)cc2)cc1. The fraction of sp³-hybridized carbons (Fsp3) is 0.459. The molecule has 0 fully saturated rings. The predicted octanol–water partition coefficient (Wildman–Crippen LogP) is 10.2. The first-order valence-electron chi connectivity index (χ1n) is 15.9. The van der Waals surface area contributed by atoms with Gasteiger partial charge in [0.1, 0.15) is 11.5 Å². The zero-order valence-corrected chi connectivity index (χ0v) is 25.7. The fourth-order valence-corrected chi connectivity index (χ4v) is 4.78. The van der Waals surface area contributed by atoms with Crippen LogP contribution in [0.4, 0.5) is 0 Å². The van der Waals surface area contributed by atoms with Crippen molar-refractivity contribution in [1.82, 2.24) is 0 Å². The number of benzene rings is 3. The predicted molar refractivity (Wildman–Crippen MR) is 170 cm³/mol. The Hall–Kier alpha value is -3.60. The average Bonchev–Trinajstić information content (AvgIpc) is 3.01. The van der Waals surface area contributed by atoms with Crippen LogP contribution in [0.1, 0.15) is 119 Å². The van der Waals surface area contributed by atoms with Crippen LogP contribution in [0.3, 0.4) is 0 Å². The smallest absolute Gasteiger partial charge is 0.343 e. The molecule has 0 radical (unpaired) electrons. The lowest BCUT2D eigenvalue weighted by atomic mass is 10.0. The highest BCUT2D eigenvalue weighted by molar-refractivity contribution is 5.92. The zero-order chi connectivity index (χ0) is 30.0. The normalized spacial score (nSPS) is 11.6. The molecule has 0 saturated heterocycles. The largest absolute Gasteiger partial charge is 0.494 e. The first-order valence-corrected chi connectivity index (χ1v) is 15.9. The van der Waals surface area contributed by atoms with Crippen LogP contribution in [0, 0.1) is 0 Å². The highest BCUT2D eigenvalue weighted by atomic mass is 16.5. The van der Waals surface area contributed by atoms with Gasteiger partial charge in [-0.05, 0) is 85.8 Å². The molecule has 0 aliphatic carbocycles. The monoisotopic (exact) mass is 572 g/mol. The molecule has 3 rings (SSSR count). The molecular formula is C37H48O5. The van der Waals surface area contributed by atoms with E-state index >= 15 is 0 Å². The summed E-state index contributed by atoms with van der Waals surface area (Å²) in [4.78, 5) is 25.2. The molecule has 0 saturated carbocycles. The molecule has 0 N–H and O–H groups in total. The number of hydrogen-bond donors (Lipinski definition) is 0. The Labute approximate surface area is 252 Å². The van der Waals surface area contributed by atoms with Crippen LogP contribution >= 0.6 is 0 Å². The topological polar surface area (TPSA) is 61.8 Å². The number of carbonyl (C=O) groups excluding carboxylic acids is 2. The second kappa shape index (κ2) is 18.8. The van der Waals surface area contributed by atoms with Gasteiger partial charge in [-0.3, -0.25) is 0 Å². The molecule has 42 heavy (non-hydrogen) atoms. The minimum atomic E-state index is -0.452. The molecule has 3 aromatic rings. The van der Waals surface area contributed by atoms with Crippen molar-refractivity contribution in [2.24, 2.45) is 0 Å². The van der Waals surface area contributed by atoms with Crippen LogP contribution < -0.4 is 9.47 Å². The van der Waals surface area contributed by atoms with E-state index in [1.54, 1.807) is 36.4 Å². The van der Waals surface area contributed by atoms with Crippen LogP contribution in [0.25, 0.3) is 11.1 Å². The molecule has 0 aliphatic heterocycles. The molecule has 0 spiro atoms. The van der Waals surface area contributed by atoms with Gasteiger partial charge in [0, 0.05) is 0 Å². The van der Waals surface area contributed by atoms with E-state index < -0.39 is 5.97 Å². The number of esters is 2. The molecule has 0 heterocycles. The minimum absolute atomic E-state index is 0.124. The molecule has 0 bridgehead atoms. The van der Waals surface area contributed by atoms with E-state index in [1.807, 2.05) is 43.3 Å². The summed E-state index contributed by atoms with van der Waals surface area (Å²) < 4.78 is 17.0. The lowest BCUT2D eigenvalue weighted by Crippen LogP contribution is -2.15. The third kappa shape index (κ3) is 11.7. The Balaban J connectivity index is 1.43. The number of ether oxygens (including phenoxy) is 3. The van der Waals surface area contributed by atoms with E-state index in [9.17, 15) is 9.59 Å². The van der Waals surface area contributed by atoms with Gasteiger partial charge < -0.3 is 14.2 Å². The maximum absolute atomic E-state index is 12.7. The molecule has 226 valence electrons. The van der Waals surface area contributed by atoms with E-state index in [1.165, 1.54) is 57.8 Å². The van der Waals surface area contributed by atoms with Crippen LogP contribution in [0.2, 0.25) is 0 Å². The van der Waals surface area contributed by atoms with Crippen molar-refractivity contribution in [3.05, 3.63) is 83.9 Å². The van der Waals surface area contributed by atoms with Gasteiger partial charge in [0.15, 0.2) is 0 Å². The molecule has 5 nitrogen and oxygen atoms in total. The van der Waals surface area contributed by atoms with Crippen LogP contribution in [-0.2, 0) is 4.74 Å². The Bertz CT molecular complexity index is 1180. The Morgan fingerprint density at radius 3 is 1.67 bits per heavy atom. The van der Waals surface area contributed by atoms with E-state index in [0.717, 1.165) is 42.7 Å². The van der Waals surface area contributed by atoms with Gasteiger partial charge in [-0.15, -0.1) is 0 Å². The van der Waals surface area contributed by atoms with Gasteiger partial charge in [-0.25, -0.2) is 9.59 Å². The quantitative estimate of drug-likeness (QED) is 0.0812. The van der Waals surface area contributed by atoms with E-state index in [4.69, 9.17) is 14.2 Å².